The molecule has 2 saturated carbocycles. The topological polar surface area (TPSA) is 55.1 Å². The molecule has 0 heterocycles. The van der Waals surface area contributed by atoms with E-state index in [1.807, 2.05) is 24.3 Å². The van der Waals surface area contributed by atoms with Crippen LogP contribution in [-0.2, 0) is 4.79 Å². The van der Waals surface area contributed by atoms with E-state index in [9.17, 15) is 4.79 Å². The molecule has 3 nitrogen and oxygen atoms in total. The molecule has 3 rings (SSSR count). The molecule has 0 aromatic heterocycles. The normalized spacial score (nSPS) is 28.3. The number of thiocarbonyl (C=S) groups is 1. The van der Waals surface area contributed by atoms with Gasteiger partial charge in [0.1, 0.15) is 4.99 Å². The highest BCUT2D eigenvalue weighted by Gasteiger charge is 2.43. The number of anilines is 1. The van der Waals surface area contributed by atoms with Gasteiger partial charge in [-0.25, -0.2) is 0 Å². The Bertz CT molecular complexity index is 529. The Morgan fingerprint density at radius 3 is 2.68 bits per heavy atom. The zero-order valence-corrected chi connectivity index (χ0v) is 11.6. The summed E-state index contributed by atoms with van der Waals surface area (Å²) in [6.07, 6.45) is 4.79. The smallest absolute Gasteiger partial charge is 0.227 e. The lowest BCUT2D eigenvalue weighted by Crippen LogP contribution is -2.28. The number of nitrogens with two attached hydrogens (primary N) is 1. The standard InChI is InChI=1S/C15H18N2OS/c16-14(19)11-3-1-2-4-13(11)17-15(18)12-8-9-5-6-10(12)7-9/h1-4,9-10,12H,5-8H2,(H2,16,19)(H,17,18). The molecular formula is C15H18N2OS. The number of rotatable bonds is 3. The molecule has 2 bridgehead atoms. The van der Waals surface area contributed by atoms with Gasteiger partial charge >= 0.3 is 0 Å². The van der Waals surface area contributed by atoms with Crippen LogP contribution in [0.5, 0.6) is 0 Å². The number of nitrogens with one attached hydrogen (secondary N) is 1. The second-order valence-electron chi connectivity index (χ2n) is 5.68. The Morgan fingerprint density at radius 1 is 1.26 bits per heavy atom. The van der Waals surface area contributed by atoms with Gasteiger partial charge in [0.15, 0.2) is 0 Å². The van der Waals surface area contributed by atoms with E-state index in [-0.39, 0.29) is 11.8 Å². The number of amides is 1. The van der Waals surface area contributed by atoms with Crippen molar-refractivity contribution in [2.75, 3.05) is 5.32 Å². The molecule has 0 saturated heterocycles. The molecule has 19 heavy (non-hydrogen) atoms. The molecule has 2 aliphatic rings. The Labute approximate surface area is 118 Å². The summed E-state index contributed by atoms with van der Waals surface area (Å²) in [5.74, 6) is 1.67. The summed E-state index contributed by atoms with van der Waals surface area (Å²) < 4.78 is 0. The summed E-state index contributed by atoms with van der Waals surface area (Å²) in [5, 5.41) is 3.01. The summed E-state index contributed by atoms with van der Waals surface area (Å²) in [7, 11) is 0. The minimum atomic E-state index is 0.135. The zero-order valence-electron chi connectivity index (χ0n) is 10.8. The molecular weight excluding hydrogens is 256 g/mol. The van der Waals surface area contributed by atoms with E-state index >= 15 is 0 Å². The predicted molar refractivity (Wildman–Crippen MR) is 79.9 cm³/mol. The number of para-hydroxylation sites is 1. The molecule has 3 unspecified atom stereocenters. The third-order valence-corrected chi connectivity index (χ3v) is 4.75. The van der Waals surface area contributed by atoms with Gasteiger partial charge in [-0.05, 0) is 43.2 Å². The molecule has 4 heteroatoms. The van der Waals surface area contributed by atoms with Crippen molar-refractivity contribution in [3.8, 4) is 0 Å². The second kappa shape index (κ2) is 4.93. The number of carbonyl (C=O) groups excluding carboxylic acids is 1. The lowest BCUT2D eigenvalue weighted by molar-refractivity contribution is -0.121. The largest absolute Gasteiger partial charge is 0.389 e. The summed E-state index contributed by atoms with van der Waals surface area (Å²) >= 11 is 5.02. The summed E-state index contributed by atoms with van der Waals surface area (Å²) in [5.41, 5.74) is 7.17. The van der Waals surface area contributed by atoms with Gasteiger partial charge in [-0.3, -0.25) is 4.79 Å². The van der Waals surface area contributed by atoms with Gasteiger partial charge in [0.05, 0.1) is 5.69 Å². The monoisotopic (exact) mass is 274 g/mol. The maximum atomic E-state index is 12.4. The lowest BCUT2D eigenvalue weighted by Gasteiger charge is -2.21. The van der Waals surface area contributed by atoms with Crippen LogP contribution >= 0.6 is 12.2 Å². The van der Waals surface area contributed by atoms with Gasteiger partial charge in [0.2, 0.25) is 5.91 Å². The minimum Gasteiger partial charge on any atom is -0.389 e. The van der Waals surface area contributed by atoms with Gasteiger partial charge in [0.25, 0.3) is 0 Å². The highest BCUT2D eigenvalue weighted by atomic mass is 32.1. The van der Waals surface area contributed by atoms with Crippen molar-refractivity contribution in [3.63, 3.8) is 0 Å². The van der Waals surface area contributed by atoms with E-state index in [1.165, 1.54) is 19.3 Å². The fourth-order valence-electron chi connectivity index (χ4n) is 3.60. The first kappa shape index (κ1) is 12.6. The highest BCUT2D eigenvalue weighted by molar-refractivity contribution is 7.80. The van der Waals surface area contributed by atoms with Gasteiger partial charge in [0, 0.05) is 11.5 Å². The number of fused-ring (bicyclic) bond motifs is 2. The average Bonchev–Trinajstić information content (AvgIpc) is 3.01. The molecule has 100 valence electrons. The Kier molecular flexibility index (Phi) is 3.27. The minimum absolute atomic E-state index is 0.135. The fraction of sp³-hybridized carbons (Fsp3) is 0.467. The molecule has 3 N–H and O–H groups in total. The van der Waals surface area contributed by atoms with Crippen LogP contribution in [0.25, 0.3) is 0 Å². The van der Waals surface area contributed by atoms with Crippen molar-refractivity contribution in [2.24, 2.45) is 23.5 Å². The first-order valence-electron chi connectivity index (χ1n) is 6.85. The van der Waals surface area contributed by atoms with E-state index < -0.39 is 0 Å². The maximum absolute atomic E-state index is 12.4. The zero-order chi connectivity index (χ0) is 13.4. The molecule has 2 aliphatic carbocycles. The Balaban J connectivity index is 1.75. The van der Waals surface area contributed by atoms with Crippen LogP contribution in [0.4, 0.5) is 5.69 Å². The molecule has 1 amide bonds. The summed E-state index contributed by atoms with van der Waals surface area (Å²) in [6.45, 7) is 0. The number of carbonyl (C=O) groups is 1. The van der Waals surface area contributed by atoms with Crippen LogP contribution in [0.3, 0.4) is 0 Å². The average molecular weight is 274 g/mol. The van der Waals surface area contributed by atoms with Crippen molar-refractivity contribution >= 4 is 28.8 Å². The Morgan fingerprint density at radius 2 is 2.05 bits per heavy atom. The maximum Gasteiger partial charge on any atom is 0.227 e. The quantitative estimate of drug-likeness (QED) is 0.833. The van der Waals surface area contributed by atoms with Crippen molar-refractivity contribution in [2.45, 2.75) is 25.7 Å². The molecule has 3 atom stereocenters. The lowest BCUT2D eigenvalue weighted by atomic mass is 9.88. The second-order valence-corrected chi connectivity index (χ2v) is 6.12. The predicted octanol–water partition coefficient (Wildman–Crippen LogP) is 2.70. The third-order valence-electron chi connectivity index (χ3n) is 4.53. The summed E-state index contributed by atoms with van der Waals surface area (Å²) in [6, 6.07) is 7.47. The molecule has 0 spiro atoms. The number of hydrogen-bond acceptors (Lipinski definition) is 2. The molecule has 0 aliphatic heterocycles. The van der Waals surface area contributed by atoms with E-state index in [1.54, 1.807) is 0 Å². The van der Waals surface area contributed by atoms with Crippen LogP contribution < -0.4 is 11.1 Å². The van der Waals surface area contributed by atoms with Crippen LogP contribution in [0.1, 0.15) is 31.2 Å². The molecule has 0 radical (unpaired) electrons. The van der Waals surface area contributed by atoms with E-state index in [2.05, 4.69) is 5.32 Å². The Hall–Kier alpha value is -1.42. The van der Waals surface area contributed by atoms with Crippen molar-refractivity contribution < 1.29 is 4.79 Å². The highest BCUT2D eigenvalue weighted by Crippen LogP contribution is 2.48. The van der Waals surface area contributed by atoms with Crippen LogP contribution in [0, 0.1) is 17.8 Å². The van der Waals surface area contributed by atoms with Crippen LogP contribution in [0.2, 0.25) is 0 Å². The van der Waals surface area contributed by atoms with Crippen molar-refractivity contribution in [3.05, 3.63) is 29.8 Å². The van der Waals surface area contributed by atoms with Crippen LogP contribution in [0.15, 0.2) is 24.3 Å². The van der Waals surface area contributed by atoms with Gasteiger partial charge in [-0.2, -0.15) is 0 Å². The van der Waals surface area contributed by atoms with E-state index in [4.69, 9.17) is 18.0 Å². The summed E-state index contributed by atoms with van der Waals surface area (Å²) in [4.78, 5) is 12.7. The van der Waals surface area contributed by atoms with Crippen LogP contribution in [-0.4, -0.2) is 10.9 Å². The fourth-order valence-corrected chi connectivity index (χ4v) is 3.78. The number of hydrogen-bond donors (Lipinski definition) is 2. The van der Waals surface area contributed by atoms with Gasteiger partial charge in [-0.1, -0.05) is 30.8 Å². The third kappa shape index (κ3) is 2.37. The first-order chi connectivity index (χ1) is 9.15. The van der Waals surface area contributed by atoms with E-state index in [0.717, 1.165) is 23.6 Å². The van der Waals surface area contributed by atoms with Gasteiger partial charge in [-0.15, -0.1) is 0 Å². The SMILES string of the molecule is NC(=S)c1ccccc1NC(=O)C1CC2CCC1C2. The van der Waals surface area contributed by atoms with Crippen molar-refractivity contribution in [1.29, 1.82) is 0 Å². The van der Waals surface area contributed by atoms with Crippen molar-refractivity contribution in [1.82, 2.24) is 0 Å². The molecule has 1 aromatic carbocycles. The van der Waals surface area contributed by atoms with Gasteiger partial charge < -0.3 is 11.1 Å². The molecule has 2 fully saturated rings. The van der Waals surface area contributed by atoms with E-state index in [0.29, 0.717) is 10.9 Å². The first-order valence-corrected chi connectivity index (χ1v) is 7.25. The number of benzene rings is 1. The molecule has 1 aromatic rings.